The van der Waals surface area contributed by atoms with Gasteiger partial charge in [0.05, 0.1) is 4.88 Å². The minimum atomic E-state index is -0.650. The molecule has 2 rings (SSSR count). The number of hydrogen-bond donors (Lipinski definition) is 4. The molecule has 1 saturated carbocycles. The van der Waals surface area contributed by atoms with E-state index in [0.29, 0.717) is 27.9 Å². The Bertz CT molecular complexity index is 648. The van der Waals surface area contributed by atoms with Crippen molar-refractivity contribution in [2.45, 2.75) is 59.0 Å². The summed E-state index contributed by atoms with van der Waals surface area (Å²) in [6.45, 7) is 8.28. The first-order valence-corrected chi connectivity index (χ1v) is 10.8. The number of hydrazine groups is 1. The molecule has 0 radical (unpaired) electrons. The molecule has 0 bridgehead atoms. The van der Waals surface area contributed by atoms with E-state index in [-0.39, 0.29) is 17.7 Å². The number of thiophene rings is 1. The molecule has 8 heteroatoms. The Hall–Kier alpha value is -1.67. The predicted molar refractivity (Wildman–Crippen MR) is 113 cm³/mol. The number of carbonyl (C=O) groups excluding carboxylic acids is 2. The van der Waals surface area contributed by atoms with Gasteiger partial charge in [-0.3, -0.25) is 20.4 Å². The first-order chi connectivity index (χ1) is 12.8. The Morgan fingerprint density at radius 1 is 1.22 bits per heavy atom. The van der Waals surface area contributed by atoms with E-state index in [2.05, 4.69) is 35.3 Å². The molecule has 1 aliphatic carbocycles. The molecule has 4 N–H and O–H groups in total. The average Bonchev–Trinajstić information content (AvgIpc) is 3.16. The molecule has 1 aromatic rings. The molecule has 4 atom stereocenters. The van der Waals surface area contributed by atoms with Crippen molar-refractivity contribution in [1.82, 2.24) is 21.5 Å². The summed E-state index contributed by atoms with van der Waals surface area (Å²) in [6.07, 6.45) is 3.51. The molecule has 0 saturated heterocycles. The van der Waals surface area contributed by atoms with Gasteiger partial charge in [-0.15, -0.1) is 11.3 Å². The number of thiocarbonyl (C=S) groups is 1. The Balaban J connectivity index is 1.84. The van der Waals surface area contributed by atoms with E-state index in [4.69, 9.17) is 12.2 Å². The molecule has 1 heterocycles. The fraction of sp³-hybridized carbons (Fsp3) is 0.632. The summed E-state index contributed by atoms with van der Waals surface area (Å²) in [7, 11) is 0. The van der Waals surface area contributed by atoms with E-state index in [1.54, 1.807) is 6.07 Å². The molecule has 27 heavy (non-hydrogen) atoms. The largest absolute Gasteiger partial charge is 0.358 e. The van der Waals surface area contributed by atoms with E-state index >= 15 is 0 Å². The van der Waals surface area contributed by atoms with Gasteiger partial charge in [0.25, 0.3) is 11.8 Å². The summed E-state index contributed by atoms with van der Waals surface area (Å²) in [5.74, 6) is 0.569. The monoisotopic (exact) mass is 410 g/mol. The van der Waals surface area contributed by atoms with Crippen molar-refractivity contribution in [1.29, 1.82) is 0 Å². The quantitative estimate of drug-likeness (QED) is 0.443. The van der Waals surface area contributed by atoms with Gasteiger partial charge in [-0.05, 0) is 47.8 Å². The van der Waals surface area contributed by atoms with Crippen LogP contribution in [0.4, 0.5) is 0 Å². The Morgan fingerprint density at radius 3 is 2.59 bits per heavy atom. The summed E-state index contributed by atoms with van der Waals surface area (Å²) >= 11 is 6.67. The molecule has 0 aromatic carbocycles. The van der Waals surface area contributed by atoms with Gasteiger partial charge in [-0.25, -0.2) is 0 Å². The van der Waals surface area contributed by atoms with Crippen molar-refractivity contribution in [3.63, 3.8) is 0 Å². The van der Waals surface area contributed by atoms with Crippen molar-refractivity contribution in [3.8, 4) is 0 Å². The smallest absolute Gasteiger partial charge is 0.262 e. The molecule has 150 valence electrons. The highest BCUT2D eigenvalue weighted by Gasteiger charge is 2.28. The van der Waals surface area contributed by atoms with E-state index in [1.807, 2.05) is 25.3 Å². The summed E-state index contributed by atoms with van der Waals surface area (Å²) < 4.78 is 0. The van der Waals surface area contributed by atoms with Gasteiger partial charge in [0, 0.05) is 6.04 Å². The maximum atomic E-state index is 12.5. The molecule has 1 aromatic heterocycles. The normalized spacial score (nSPS) is 23.4. The summed E-state index contributed by atoms with van der Waals surface area (Å²) in [6, 6.07) is 3.20. The SMILES string of the molecule is CC(C)[C@@H](NC(=O)c1cccs1)C(=O)NNC(=S)N[C@H]1CCC[C@@H](C)[C@H]1C. The Labute approximate surface area is 170 Å². The lowest BCUT2D eigenvalue weighted by Gasteiger charge is -2.35. The van der Waals surface area contributed by atoms with Gasteiger partial charge in [0.15, 0.2) is 5.11 Å². The highest BCUT2D eigenvalue weighted by atomic mass is 32.1. The number of rotatable bonds is 5. The van der Waals surface area contributed by atoms with Gasteiger partial charge in [-0.1, -0.05) is 46.6 Å². The first-order valence-electron chi connectivity index (χ1n) is 9.50. The third kappa shape index (κ3) is 6.17. The highest BCUT2D eigenvalue weighted by molar-refractivity contribution is 7.80. The van der Waals surface area contributed by atoms with E-state index in [9.17, 15) is 9.59 Å². The van der Waals surface area contributed by atoms with Gasteiger partial charge < -0.3 is 10.6 Å². The molecule has 2 amide bonds. The lowest BCUT2D eigenvalue weighted by atomic mass is 9.78. The topological polar surface area (TPSA) is 82.3 Å². The molecule has 0 spiro atoms. The van der Waals surface area contributed by atoms with Crippen LogP contribution >= 0.6 is 23.6 Å². The first kappa shape index (κ1) is 21.6. The van der Waals surface area contributed by atoms with Crippen molar-refractivity contribution in [2.75, 3.05) is 0 Å². The maximum absolute atomic E-state index is 12.5. The van der Waals surface area contributed by atoms with Gasteiger partial charge >= 0.3 is 0 Å². The molecular formula is C19H30N4O2S2. The third-order valence-electron chi connectivity index (χ3n) is 5.30. The second-order valence-corrected chi connectivity index (χ2v) is 8.99. The minimum Gasteiger partial charge on any atom is -0.358 e. The van der Waals surface area contributed by atoms with Crippen LogP contribution in [0.3, 0.4) is 0 Å². The van der Waals surface area contributed by atoms with Crippen LogP contribution in [0, 0.1) is 17.8 Å². The van der Waals surface area contributed by atoms with Crippen molar-refractivity contribution < 1.29 is 9.59 Å². The molecular weight excluding hydrogens is 380 g/mol. The second kappa shape index (κ2) is 10.0. The van der Waals surface area contributed by atoms with Crippen LogP contribution in [-0.2, 0) is 4.79 Å². The van der Waals surface area contributed by atoms with Crippen LogP contribution in [0.1, 0.15) is 56.6 Å². The summed E-state index contributed by atoms with van der Waals surface area (Å²) in [4.78, 5) is 25.4. The van der Waals surface area contributed by atoms with Crippen molar-refractivity contribution >= 4 is 40.5 Å². The molecule has 1 aliphatic rings. The Kier molecular flexibility index (Phi) is 8.04. The lowest BCUT2D eigenvalue weighted by Crippen LogP contribution is -2.57. The molecule has 0 unspecified atom stereocenters. The van der Waals surface area contributed by atoms with Crippen LogP contribution in [0.5, 0.6) is 0 Å². The van der Waals surface area contributed by atoms with E-state index in [0.717, 1.165) is 6.42 Å². The molecule has 0 aliphatic heterocycles. The van der Waals surface area contributed by atoms with Crippen LogP contribution in [0.2, 0.25) is 0 Å². The standard InChI is InChI=1S/C19H30N4O2S2/c1-11(2)16(21-17(24)15-9-6-10-27-15)18(25)22-23-19(26)20-14-8-5-7-12(3)13(14)4/h6,9-14,16H,5,7-8H2,1-4H3,(H,21,24)(H,22,25)(H2,20,23,26)/t12-,13-,14+,16-/m1/s1. The van der Waals surface area contributed by atoms with Gasteiger partial charge in [0.2, 0.25) is 0 Å². The van der Waals surface area contributed by atoms with Crippen LogP contribution in [-0.4, -0.2) is 29.0 Å². The van der Waals surface area contributed by atoms with Gasteiger partial charge in [0.1, 0.15) is 6.04 Å². The number of carbonyl (C=O) groups is 2. The number of hydrogen-bond acceptors (Lipinski definition) is 4. The second-order valence-electron chi connectivity index (χ2n) is 7.63. The van der Waals surface area contributed by atoms with E-state index in [1.165, 1.54) is 24.2 Å². The fourth-order valence-corrected chi connectivity index (χ4v) is 4.17. The zero-order valence-electron chi connectivity index (χ0n) is 16.4. The zero-order chi connectivity index (χ0) is 20.0. The number of amides is 2. The number of nitrogens with one attached hydrogen (secondary N) is 4. The average molecular weight is 411 g/mol. The lowest BCUT2D eigenvalue weighted by molar-refractivity contribution is -0.124. The highest BCUT2D eigenvalue weighted by Crippen LogP contribution is 2.29. The fourth-order valence-electron chi connectivity index (χ4n) is 3.34. The Morgan fingerprint density at radius 2 is 1.96 bits per heavy atom. The zero-order valence-corrected chi connectivity index (χ0v) is 18.0. The van der Waals surface area contributed by atoms with Crippen LogP contribution < -0.4 is 21.5 Å². The van der Waals surface area contributed by atoms with Crippen LogP contribution in [0.25, 0.3) is 0 Å². The third-order valence-corrected chi connectivity index (χ3v) is 6.39. The van der Waals surface area contributed by atoms with E-state index < -0.39 is 6.04 Å². The minimum absolute atomic E-state index is 0.0588. The molecule has 6 nitrogen and oxygen atoms in total. The van der Waals surface area contributed by atoms with Gasteiger partial charge in [-0.2, -0.15) is 0 Å². The molecule has 1 fully saturated rings. The van der Waals surface area contributed by atoms with Crippen molar-refractivity contribution in [3.05, 3.63) is 22.4 Å². The summed E-state index contributed by atoms with van der Waals surface area (Å²) in [5.41, 5.74) is 5.41. The van der Waals surface area contributed by atoms with Crippen molar-refractivity contribution in [2.24, 2.45) is 17.8 Å². The predicted octanol–water partition coefficient (Wildman–Crippen LogP) is 2.82. The maximum Gasteiger partial charge on any atom is 0.262 e. The summed E-state index contributed by atoms with van der Waals surface area (Å²) in [5, 5.41) is 8.33. The van der Waals surface area contributed by atoms with Crippen LogP contribution in [0.15, 0.2) is 17.5 Å².